The van der Waals surface area contributed by atoms with Crippen LogP contribution in [-0.2, 0) is 0 Å². The first-order chi connectivity index (χ1) is 19.1. The number of halogens is 1. The second kappa shape index (κ2) is 9.10. The fourth-order valence-corrected chi connectivity index (χ4v) is 7.94. The van der Waals surface area contributed by atoms with Gasteiger partial charge in [0.05, 0.1) is 10.9 Å². The molecule has 4 saturated heterocycles. The summed E-state index contributed by atoms with van der Waals surface area (Å²) in [6.45, 7) is 6.80. The number of aromatic nitrogens is 3. The molecule has 5 fully saturated rings. The number of pyridine rings is 1. The summed E-state index contributed by atoms with van der Waals surface area (Å²) < 4.78 is 22.9. The maximum Gasteiger partial charge on any atom is 0.319 e. The third-order valence-electron chi connectivity index (χ3n) is 10.2. The van der Waals surface area contributed by atoms with Crippen LogP contribution in [-0.4, -0.2) is 70.3 Å². The molecule has 3 aromatic rings. The van der Waals surface area contributed by atoms with E-state index in [0.717, 1.165) is 56.8 Å². The molecular weight excluding hydrogens is 491 g/mol. The number of ether oxygens (including phenoxy) is 1. The van der Waals surface area contributed by atoms with Gasteiger partial charge < -0.3 is 15.0 Å². The van der Waals surface area contributed by atoms with Gasteiger partial charge in [-0.15, -0.1) is 0 Å². The van der Waals surface area contributed by atoms with Crippen LogP contribution in [0.1, 0.15) is 63.4 Å². The fourth-order valence-electron chi connectivity index (χ4n) is 7.94. The largest absolute Gasteiger partial charge is 0.461 e. The van der Waals surface area contributed by atoms with Gasteiger partial charge in [-0.3, -0.25) is 9.88 Å². The van der Waals surface area contributed by atoms with E-state index < -0.39 is 0 Å². The van der Waals surface area contributed by atoms with E-state index in [0.29, 0.717) is 47.1 Å². The first-order valence-corrected chi connectivity index (χ1v) is 14.9. The number of nitrogens with one attached hydrogen (secondary N) is 1. The van der Waals surface area contributed by atoms with Crippen LogP contribution in [0.3, 0.4) is 0 Å². The predicted octanol–water partition coefficient (Wildman–Crippen LogP) is 4.90. The Morgan fingerprint density at radius 1 is 1.08 bits per heavy atom. The summed E-state index contributed by atoms with van der Waals surface area (Å²) in [5, 5.41) is 4.37. The maximum absolute atomic E-state index is 16.5. The molecule has 6 heterocycles. The molecule has 1 saturated carbocycles. The number of nitrogens with zero attached hydrogens (tertiary/aromatic N) is 5. The Kier molecular flexibility index (Phi) is 5.60. The predicted molar refractivity (Wildman–Crippen MR) is 150 cm³/mol. The molecular formula is C31H37FN6O. The van der Waals surface area contributed by atoms with E-state index >= 15 is 4.39 Å². The highest BCUT2D eigenvalue weighted by Crippen LogP contribution is 2.50. The van der Waals surface area contributed by atoms with Crippen molar-refractivity contribution in [3.8, 4) is 17.3 Å². The van der Waals surface area contributed by atoms with Crippen LogP contribution in [0.4, 0.5) is 10.2 Å². The first-order valence-electron chi connectivity index (χ1n) is 14.9. The SMILES string of the molecule is CC1CC1c1ccccc1-c1ncc2c(N3CC4CCC(C3)N4)nc(OCC34CCCN3CCC4)nc2c1F. The molecule has 0 radical (unpaired) electrons. The van der Waals surface area contributed by atoms with E-state index in [9.17, 15) is 0 Å². The summed E-state index contributed by atoms with van der Waals surface area (Å²) in [4.78, 5) is 19.3. The van der Waals surface area contributed by atoms with Crippen LogP contribution < -0.4 is 15.0 Å². The lowest BCUT2D eigenvalue weighted by Gasteiger charge is -2.34. The number of fused-ring (bicyclic) bond motifs is 4. The van der Waals surface area contributed by atoms with Crippen molar-refractivity contribution in [1.82, 2.24) is 25.2 Å². The molecule has 39 heavy (non-hydrogen) atoms. The van der Waals surface area contributed by atoms with Crippen molar-refractivity contribution in [2.24, 2.45) is 5.92 Å². The molecule has 7 nitrogen and oxygen atoms in total. The van der Waals surface area contributed by atoms with Crippen LogP contribution in [0.25, 0.3) is 22.2 Å². The molecule has 5 aliphatic rings. The van der Waals surface area contributed by atoms with Gasteiger partial charge in [-0.1, -0.05) is 31.2 Å². The number of hydrogen-bond donors (Lipinski definition) is 1. The van der Waals surface area contributed by atoms with Crippen LogP contribution in [0.2, 0.25) is 0 Å². The van der Waals surface area contributed by atoms with Gasteiger partial charge in [0, 0.05) is 36.9 Å². The summed E-state index contributed by atoms with van der Waals surface area (Å²) in [7, 11) is 0. The third-order valence-corrected chi connectivity index (χ3v) is 10.2. The maximum atomic E-state index is 16.5. The van der Waals surface area contributed by atoms with E-state index in [1.165, 1.54) is 31.2 Å². The summed E-state index contributed by atoms with van der Waals surface area (Å²) in [6, 6.07) is 9.30. The van der Waals surface area contributed by atoms with Crippen molar-refractivity contribution >= 4 is 16.7 Å². The molecule has 1 aliphatic carbocycles. The van der Waals surface area contributed by atoms with Gasteiger partial charge in [0.25, 0.3) is 0 Å². The van der Waals surface area contributed by atoms with Crippen molar-refractivity contribution in [3.63, 3.8) is 0 Å². The van der Waals surface area contributed by atoms with E-state index in [4.69, 9.17) is 19.7 Å². The molecule has 204 valence electrons. The minimum Gasteiger partial charge on any atom is -0.461 e. The number of hydrogen-bond acceptors (Lipinski definition) is 7. The standard InChI is InChI=1S/C31H37FN6O/c1-19-14-24(19)22-6-2-3-7-23(22)27-26(32)28-25(15-33-27)29(37-16-20-8-9-21(17-37)34-20)36-30(35-28)39-18-31-10-4-12-38(31)13-5-11-31/h2-3,6-7,15,19-21,24,34H,4-5,8-14,16-18H2,1H3. The monoisotopic (exact) mass is 528 g/mol. The highest BCUT2D eigenvalue weighted by Gasteiger charge is 2.45. The van der Waals surface area contributed by atoms with Crippen molar-refractivity contribution < 1.29 is 9.13 Å². The molecule has 0 amide bonds. The molecule has 2 aromatic heterocycles. The summed E-state index contributed by atoms with van der Waals surface area (Å²) in [6.07, 6.45) is 9.97. The van der Waals surface area contributed by atoms with Gasteiger partial charge in [-0.2, -0.15) is 9.97 Å². The Balaban J connectivity index is 1.22. The van der Waals surface area contributed by atoms with Crippen molar-refractivity contribution in [2.45, 2.75) is 75.4 Å². The third kappa shape index (κ3) is 4.01. The van der Waals surface area contributed by atoms with Crippen LogP contribution in [0, 0.1) is 11.7 Å². The van der Waals surface area contributed by atoms with E-state index in [-0.39, 0.29) is 17.4 Å². The van der Waals surface area contributed by atoms with Gasteiger partial charge in [0.15, 0.2) is 5.82 Å². The normalized spacial score (nSPS) is 29.2. The highest BCUT2D eigenvalue weighted by atomic mass is 19.1. The molecule has 4 unspecified atom stereocenters. The zero-order valence-corrected chi connectivity index (χ0v) is 22.7. The second-order valence-electron chi connectivity index (χ2n) is 12.7. The molecule has 2 bridgehead atoms. The molecule has 8 rings (SSSR count). The van der Waals surface area contributed by atoms with Gasteiger partial charge in [-0.25, -0.2) is 4.39 Å². The van der Waals surface area contributed by atoms with E-state index in [1.54, 1.807) is 6.20 Å². The Hall–Kier alpha value is -2.84. The van der Waals surface area contributed by atoms with E-state index in [1.807, 2.05) is 18.2 Å². The Morgan fingerprint density at radius 2 is 1.82 bits per heavy atom. The Labute approximate surface area is 229 Å². The minimum absolute atomic E-state index is 0.0779. The average Bonchev–Trinajstić information content (AvgIpc) is 3.22. The van der Waals surface area contributed by atoms with Gasteiger partial charge >= 0.3 is 6.01 Å². The second-order valence-corrected chi connectivity index (χ2v) is 12.7. The summed E-state index contributed by atoms with van der Waals surface area (Å²) >= 11 is 0. The molecule has 4 aliphatic heterocycles. The lowest BCUT2D eigenvalue weighted by Crippen LogP contribution is -2.51. The number of rotatable bonds is 6. The average molecular weight is 529 g/mol. The highest BCUT2D eigenvalue weighted by molar-refractivity contribution is 5.92. The van der Waals surface area contributed by atoms with Gasteiger partial charge in [0.1, 0.15) is 23.6 Å². The summed E-state index contributed by atoms with van der Waals surface area (Å²) in [5.41, 5.74) is 2.83. The topological polar surface area (TPSA) is 66.4 Å². The smallest absolute Gasteiger partial charge is 0.319 e. The molecule has 1 aromatic carbocycles. The molecule has 8 heteroatoms. The van der Waals surface area contributed by atoms with Crippen LogP contribution in [0.5, 0.6) is 6.01 Å². The lowest BCUT2D eigenvalue weighted by atomic mass is 9.95. The van der Waals surface area contributed by atoms with Crippen LogP contribution >= 0.6 is 0 Å². The zero-order valence-electron chi connectivity index (χ0n) is 22.7. The summed E-state index contributed by atoms with van der Waals surface area (Å²) in [5.74, 6) is 1.47. The van der Waals surface area contributed by atoms with Gasteiger partial charge in [-0.05, 0) is 75.4 Å². The number of anilines is 1. The Morgan fingerprint density at radius 3 is 2.56 bits per heavy atom. The van der Waals surface area contributed by atoms with Crippen molar-refractivity contribution in [3.05, 3.63) is 41.8 Å². The van der Waals surface area contributed by atoms with Gasteiger partial charge in [0.2, 0.25) is 0 Å². The number of piperazine rings is 1. The fraction of sp³-hybridized carbons (Fsp3) is 0.581. The quantitative estimate of drug-likeness (QED) is 0.488. The molecule has 0 spiro atoms. The minimum atomic E-state index is -0.374. The zero-order chi connectivity index (χ0) is 26.1. The lowest BCUT2D eigenvalue weighted by molar-refractivity contribution is 0.108. The first kappa shape index (κ1) is 24.0. The number of benzene rings is 1. The molecule has 4 atom stereocenters. The van der Waals surface area contributed by atoms with Crippen LogP contribution in [0.15, 0.2) is 30.5 Å². The molecule has 1 N–H and O–H groups in total. The van der Waals surface area contributed by atoms with Crippen molar-refractivity contribution in [2.75, 3.05) is 37.7 Å². The van der Waals surface area contributed by atoms with Crippen molar-refractivity contribution in [1.29, 1.82) is 0 Å². The Bertz CT molecular complexity index is 1410. The van der Waals surface area contributed by atoms with E-state index in [2.05, 4.69) is 28.1 Å².